The molecule has 0 radical (unpaired) electrons. The molecule has 3 N–H and O–H groups in total. The Hall–Kier alpha value is -4.61. The molecular formula is C41H54F3N5O9S. The Bertz CT molecular complexity index is 2090. The van der Waals surface area contributed by atoms with Crippen LogP contribution in [0.25, 0.3) is 10.8 Å². The number of benzene rings is 1. The Kier molecular flexibility index (Phi) is 12.3. The largest absolute Gasteiger partial charge is 0.494 e. The number of halogens is 3. The number of nitrogens with one attached hydrogen (secondary N) is 3. The molecule has 6 rings (SSSR count). The molecule has 3 heterocycles. The molecule has 1 aromatic carbocycles. The zero-order chi connectivity index (χ0) is 43.1. The number of carbonyl (C=O) groups is 4. The van der Waals surface area contributed by atoms with Crippen molar-refractivity contribution in [2.75, 3.05) is 19.8 Å². The second kappa shape index (κ2) is 16.4. The molecule has 2 aliphatic carbocycles. The van der Waals surface area contributed by atoms with Crippen molar-refractivity contribution >= 4 is 44.6 Å². The molecule has 1 aromatic heterocycles. The van der Waals surface area contributed by atoms with E-state index in [0.717, 1.165) is 19.2 Å². The molecule has 7 atom stereocenters. The summed E-state index contributed by atoms with van der Waals surface area (Å²) in [7, 11) is -4.44. The highest BCUT2D eigenvalue weighted by Crippen LogP contribution is 2.48. The van der Waals surface area contributed by atoms with Gasteiger partial charge in [0.15, 0.2) is 5.60 Å². The highest BCUT2D eigenvalue weighted by atomic mass is 32.2. The van der Waals surface area contributed by atoms with Crippen LogP contribution in [0.2, 0.25) is 0 Å². The van der Waals surface area contributed by atoms with Crippen LogP contribution in [-0.4, -0.2) is 102 Å². The lowest BCUT2D eigenvalue weighted by Crippen LogP contribution is -2.60. The first-order valence-electron chi connectivity index (χ1n) is 20.1. The Balaban J connectivity index is 1.35. The number of hydrogen-bond donors (Lipinski definition) is 3. The van der Waals surface area contributed by atoms with Gasteiger partial charge < -0.3 is 29.7 Å². The van der Waals surface area contributed by atoms with Crippen LogP contribution in [0.4, 0.5) is 18.0 Å². The second-order valence-corrected chi connectivity index (χ2v) is 19.2. The van der Waals surface area contributed by atoms with Crippen molar-refractivity contribution in [3.05, 3.63) is 42.6 Å². The number of ether oxygens (including phenoxy) is 3. The first-order chi connectivity index (χ1) is 27.7. The van der Waals surface area contributed by atoms with Crippen LogP contribution in [0.3, 0.4) is 0 Å². The van der Waals surface area contributed by atoms with Gasteiger partial charge in [0.25, 0.3) is 11.8 Å². The molecular weight excluding hydrogens is 796 g/mol. The number of allylic oxidation sites excluding steroid dienone is 1. The minimum Gasteiger partial charge on any atom is -0.494 e. The summed E-state index contributed by atoms with van der Waals surface area (Å²) in [4.78, 5) is 62.2. The Labute approximate surface area is 342 Å². The average Bonchev–Trinajstić information content (AvgIpc) is 4.06. The van der Waals surface area contributed by atoms with E-state index in [0.29, 0.717) is 43.9 Å². The predicted molar refractivity (Wildman–Crippen MR) is 211 cm³/mol. The number of carbonyl (C=O) groups excluding carboxylic acids is 4. The van der Waals surface area contributed by atoms with E-state index in [4.69, 9.17) is 14.2 Å². The van der Waals surface area contributed by atoms with Crippen molar-refractivity contribution in [2.24, 2.45) is 17.8 Å². The van der Waals surface area contributed by atoms with Gasteiger partial charge >= 0.3 is 6.09 Å². The van der Waals surface area contributed by atoms with Gasteiger partial charge in [-0.05, 0) is 101 Å². The second-order valence-electron chi connectivity index (χ2n) is 17.2. The van der Waals surface area contributed by atoms with E-state index >= 15 is 0 Å². The minimum absolute atomic E-state index is 0.0111. The number of pyridine rings is 1. The van der Waals surface area contributed by atoms with Crippen LogP contribution in [0.5, 0.6) is 11.6 Å². The number of alkyl halides is 3. The lowest BCUT2D eigenvalue weighted by molar-refractivity contribution is -0.152. The predicted octanol–water partition coefficient (Wildman–Crippen LogP) is 5.35. The summed E-state index contributed by atoms with van der Waals surface area (Å²) < 4.78 is 86.6. The zero-order valence-electron chi connectivity index (χ0n) is 34.2. The lowest BCUT2D eigenvalue weighted by Gasteiger charge is -2.35. The van der Waals surface area contributed by atoms with Gasteiger partial charge in [-0.15, -0.1) is 0 Å². The summed E-state index contributed by atoms with van der Waals surface area (Å²) in [5, 5.41) is 6.67. The first-order valence-corrected chi connectivity index (χ1v) is 21.6. The number of amides is 4. The fraction of sp³-hybridized carbons (Fsp3) is 0.634. The van der Waals surface area contributed by atoms with E-state index < -0.39 is 92.3 Å². The number of sulfonamides is 1. The summed E-state index contributed by atoms with van der Waals surface area (Å²) in [6.45, 7) is 7.38. The van der Waals surface area contributed by atoms with Gasteiger partial charge in [-0.25, -0.2) is 31.4 Å². The van der Waals surface area contributed by atoms with Crippen LogP contribution >= 0.6 is 0 Å². The minimum atomic E-state index is -4.44. The molecule has 0 unspecified atom stereocenters. The summed E-state index contributed by atoms with van der Waals surface area (Å²) in [6, 6.07) is 4.46. The van der Waals surface area contributed by atoms with Crippen molar-refractivity contribution in [2.45, 2.75) is 126 Å². The molecule has 0 spiro atoms. The van der Waals surface area contributed by atoms with Crippen LogP contribution in [-0.2, 0) is 29.1 Å². The Morgan fingerprint density at radius 1 is 1.10 bits per heavy atom. The van der Waals surface area contributed by atoms with Gasteiger partial charge in [-0.3, -0.25) is 19.1 Å². The van der Waals surface area contributed by atoms with Crippen molar-refractivity contribution < 1.29 is 55.0 Å². The van der Waals surface area contributed by atoms with Gasteiger partial charge in [0, 0.05) is 30.8 Å². The highest BCUT2D eigenvalue weighted by molar-refractivity contribution is 7.91. The normalized spacial score (nSPS) is 29.1. The smallest absolute Gasteiger partial charge is 0.408 e. The van der Waals surface area contributed by atoms with Gasteiger partial charge in [0.2, 0.25) is 27.7 Å². The molecule has 2 aromatic rings. The first kappa shape index (κ1) is 44.0. The number of rotatable bonds is 11. The van der Waals surface area contributed by atoms with E-state index in [2.05, 4.69) is 15.6 Å². The SMILES string of the molecule is CCOc1ccc2c(O[C@@H]3C[C@H]4C(=O)N[C@]5(C(=O)NS(=O)(=O)C6(CF)CC6)C[C@H]5/C=C\CC[C@@H](C)C[C@@H](C)[C@H](NC(=O)OC(C)(C)C(C)(F)F)C(=O)N4C3)nccc2c1. The van der Waals surface area contributed by atoms with Gasteiger partial charge in [-0.1, -0.05) is 26.0 Å². The standard InChI is InChI=1S/C41H54F3N5O9S/c1-7-56-28-12-13-30-26(19-28)14-17-45-34(30)57-29-20-31-33(50)47-41(36(52)48-59(54,55)40(23-42)15-16-40)21-27(41)11-9-8-10-24(2)18-25(3)32(35(51)49(31)22-29)46-37(53)58-38(4,5)39(6,43)44/h9,11-14,17,19,24-25,27,29,31-32H,7-8,10,15-16,18,20-23H2,1-6H3,(H,46,53)(H,47,50)(H,48,52)/b11-9-/t24-,25-,27-,29-,31+,32+,41-/m1/s1. The number of aromatic nitrogens is 1. The third-order valence-electron chi connectivity index (χ3n) is 12.2. The number of fused-ring (bicyclic) bond motifs is 3. The molecule has 4 amide bonds. The van der Waals surface area contributed by atoms with Crippen LogP contribution in [0.15, 0.2) is 42.6 Å². The van der Waals surface area contributed by atoms with E-state index in [9.17, 15) is 40.8 Å². The number of hydrogen-bond acceptors (Lipinski definition) is 10. The van der Waals surface area contributed by atoms with Crippen molar-refractivity contribution in [1.82, 2.24) is 25.2 Å². The van der Waals surface area contributed by atoms with Crippen molar-refractivity contribution in [1.29, 1.82) is 0 Å². The molecule has 1 saturated heterocycles. The molecule has 2 aliphatic heterocycles. The van der Waals surface area contributed by atoms with E-state index in [1.165, 1.54) is 4.90 Å². The summed E-state index contributed by atoms with van der Waals surface area (Å²) in [5.41, 5.74) is -3.97. The molecule has 3 fully saturated rings. The maximum absolute atomic E-state index is 14.8. The van der Waals surface area contributed by atoms with Gasteiger partial charge in [0.05, 0.1) is 13.2 Å². The zero-order valence-corrected chi connectivity index (χ0v) is 35.0. The molecule has 4 aliphatic rings. The van der Waals surface area contributed by atoms with Gasteiger partial charge in [0.1, 0.15) is 40.9 Å². The van der Waals surface area contributed by atoms with E-state index in [-0.39, 0.29) is 44.0 Å². The Morgan fingerprint density at radius 2 is 1.83 bits per heavy atom. The Morgan fingerprint density at radius 3 is 2.49 bits per heavy atom. The lowest BCUT2D eigenvalue weighted by atomic mass is 9.88. The average molecular weight is 850 g/mol. The highest BCUT2D eigenvalue weighted by Gasteiger charge is 2.64. The number of nitrogens with zero attached hydrogens (tertiary/aromatic N) is 2. The van der Waals surface area contributed by atoms with Crippen molar-refractivity contribution in [3.63, 3.8) is 0 Å². The topological polar surface area (TPSA) is 182 Å². The monoisotopic (exact) mass is 849 g/mol. The van der Waals surface area contributed by atoms with E-state index in [1.54, 1.807) is 37.4 Å². The molecule has 2 saturated carbocycles. The quantitative estimate of drug-likeness (QED) is 0.250. The number of alkyl carbamates (subject to hydrolysis) is 1. The van der Waals surface area contributed by atoms with Crippen LogP contribution in [0.1, 0.15) is 86.5 Å². The van der Waals surface area contributed by atoms with Crippen LogP contribution in [0, 0.1) is 17.8 Å². The fourth-order valence-corrected chi connectivity index (χ4v) is 9.29. The van der Waals surface area contributed by atoms with Crippen LogP contribution < -0.4 is 24.8 Å². The molecule has 14 nitrogen and oxygen atoms in total. The molecule has 0 bridgehead atoms. The maximum Gasteiger partial charge on any atom is 0.408 e. The van der Waals surface area contributed by atoms with E-state index in [1.807, 2.05) is 30.7 Å². The summed E-state index contributed by atoms with van der Waals surface area (Å²) in [6.07, 6.45) is 4.64. The summed E-state index contributed by atoms with van der Waals surface area (Å²) in [5.74, 6) is -6.31. The fourth-order valence-electron chi connectivity index (χ4n) is 7.87. The van der Waals surface area contributed by atoms with Gasteiger partial charge in [-0.2, -0.15) is 0 Å². The molecule has 59 heavy (non-hydrogen) atoms. The third kappa shape index (κ3) is 9.11. The summed E-state index contributed by atoms with van der Waals surface area (Å²) >= 11 is 0. The molecule has 324 valence electrons. The molecule has 18 heteroatoms. The van der Waals surface area contributed by atoms with Crippen molar-refractivity contribution in [3.8, 4) is 11.6 Å². The maximum atomic E-state index is 14.8. The third-order valence-corrected chi connectivity index (χ3v) is 14.3.